The molecule has 3 amide bonds. The van der Waals surface area contributed by atoms with Crippen LogP contribution in [0.4, 0.5) is 10.5 Å². The van der Waals surface area contributed by atoms with Crippen molar-refractivity contribution in [3.8, 4) is 5.75 Å². The first kappa shape index (κ1) is 18.7. The largest absolute Gasteiger partial charge is 0.496 e. The number of urea groups is 1. The van der Waals surface area contributed by atoms with Gasteiger partial charge in [-0.25, -0.2) is 9.78 Å². The van der Waals surface area contributed by atoms with Gasteiger partial charge in [0.25, 0.3) is 5.91 Å². The first-order chi connectivity index (χ1) is 11.9. The highest BCUT2D eigenvalue weighted by Gasteiger charge is 2.11. The molecule has 2 rings (SSSR count). The molecule has 1 aromatic heterocycles. The molecule has 0 aliphatic carbocycles. The lowest BCUT2D eigenvalue weighted by molar-refractivity contribution is 0.0997. The number of anilines is 1. The normalized spacial score (nSPS) is 10.6. The van der Waals surface area contributed by atoms with Gasteiger partial charge in [0.2, 0.25) is 0 Å². The molecule has 1 heterocycles. The van der Waals surface area contributed by atoms with Gasteiger partial charge in [0.05, 0.1) is 23.4 Å². The van der Waals surface area contributed by atoms with Crippen LogP contribution in [0.1, 0.15) is 40.8 Å². The molecular weight excluding hydrogens is 340 g/mol. The van der Waals surface area contributed by atoms with Crippen molar-refractivity contribution >= 4 is 29.0 Å². The Morgan fingerprint density at radius 1 is 1.36 bits per heavy atom. The van der Waals surface area contributed by atoms with E-state index in [1.54, 1.807) is 23.5 Å². The molecule has 1 aromatic carbocycles. The fraction of sp³-hybridized carbons (Fsp3) is 0.353. The summed E-state index contributed by atoms with van der Waals surface area (Å²) in [6.07, 6.45) is 0.667. The minimum atomic E-state index is -0.620. The summed E-state index contributed by atoms with van der Waals surface area (Å²) in [5, 5.41) is 8.47. The van der Waals surface area contributed by atoms with Crippen LogP contribution in [-0.2, 0) is 6.42 Å². The molecule has 4 N–H and O–H groups in total. The number of hydrogen-bond acceptors (Lipinski definition) is 5. The molecular formula is C17H22N4O3S. The molecule has 0 fully saturated rings. The van der Waals surface area contributed by atoms with Crippen LogP contribution in [0, 0.1) is 0 Å². The first-order valence-electron chi connectivity index (χ1n) is 7.87. The maximum absolute atomic E-state index is 12.0. The number of primary amides is 1. The molecule has 0 aliphatic heterocycles. The van der Waals surface area contributed by atoms with E-state index in [1.807, 2.05) is 5.38 Å². The molecule has 25 heavy (non-hydrogen) atoms. The van der Waals surface area contributed by atoms with Gasteiger partial charge >= 0.3 is 6.03 Å². The molecule has 0 aliphatic rings. The van der Waals surface area contributed by atoms with Crippen LogP contribution in [0.5, 0.6) is 5.75 Å². The fourth-order valence-corrected chi connectivity index (χ4v) is 3.10. The Bertz CT molecular complexity index is 758. The Labute approximate surface area is 150 Å². The topological polar surface area (TPSA) is 106 Å². The Kier molecular flexibility index (Phi) is 6.35. The molecule has 0 spiro atoms. The van der Waals surface area contributed by atoms with E-state index in [4.69, 9.17) is 10.5 Å². The number of nitrogens with two attached hydrogens (primary N) is 1. The average molecular weight is 362 g/mol. The highest BCUT2D eigenvalue weighted by atomic mass is 32.1. The number of aromatic nitrogens is 1. The number of amides is 3. The number of ether oxygens (including phenoxy) is 1. The monoisotopic (exact) mass is 362 g/mol. The lowest BCUT2D eigenvalue weighted by atomic mass is 10.1. The van der Waals surface area contributed by atoms with Gasteiger partial charge in [-0.15, -0.1) is 11.3 Å². The van der Waals surface area contributed by atoms with Crippen LogP contribution in [0.3, 0.4) is 0 Å². The zero-order chi connectivity index (χ0) is 18.4. The second-order valence-corrected chi connectivity index (χ2v) is 6.67. The van der Waals surface area contributed by atoms with Crippen molar-refractivity contribution in [3.63, 3.8) is 0 Å². The van der Waals surface area contributed by atoms with Crippen molar-refractivity contribution in [1.82, 2.24) is 10.3 Å². The van der Waals surface area contributed by atoms with Gasteiger partial charge in [-0.1, -0.05) is 13.8 Å². The van der Waals surface area contributed by atoms with Crippen molar-refractivity contribution in [1.29, 1.82) is 0 Å². The van der Waals surface area contributed by atoms with E-state index < -0.39 is 5.91 Å². The van der Waals surface area contributed by atoms with Crippen molar-refractivity contribution < 1.29 is 14.3 Å². The Morgan fingerprint density at radius 3 is 2.72 bits per heavy atom. The SMILES string of the molecule is COc1ccc(NC(=O)NCCc2nc(C(C)C)cs2)cc1C(N)=O. The molecule has 0 radical (unpaired) electrons. The van der Waals surface area contributed by atoms with Crippen molar-refractivity contribution in [2.75, 3.05) is 19.0 Å². The number of carbonyl (C=O) groups excluding carboxylic acids is 2. The summed E-state index contributed by atoms with van der Waals surface area (Å²) in [6, 6.07) is 4.34. The number of rotatable bonds is 7. The van der Waals surface area contributed by atoms with Gasteiger partial charge < -0.3 is 21.1 Å². The third-order valence-electron chi connectivity index (χ3n) is 3.51. The molecule has 2 aromatic rings. The fourth-order valence-electron chi connectivity index (χ4n) is 2.14. The van der Waals surface area contributed by atoms with Gasteiger partial charge in [0.1, 0.15) is 5.75 Å². The van der Waals surface area contributed by atoms with Gasteiger partial charge in [-0.3, -0.25) is 4.79 Å². The lowest BCUT2D eigenvalue weighted by Crippen LogP contribution is -2.30. The molecule has 7 nitrogen and oxygen atoms in total. The predicted molar refractivity (Wildman–Crippen MR) is 98.4 cm³/mol. The van der Waals surface area contributed by atoms with Crippen molar-refractivity contribution in [2.45, 2.75) is 26.2 Å². The second kappa shape index (κ2) is 8.48. The summed E-state index contributed by atoms with van der Waals surface area (Å²) in [5.74, 6) is 0.143. The first-order valence-corrected chi connectivity index (χ1v) is 8.75. The Hall–Kier alpha value is -2.61. The number of hydrogen-bond donors (Lipinski definition) is 3. The molecule has 0 atom stereocenters. The number of methoxy groups -OCH3 is 1. The van der Waals surface area contributed by atoms with Gasteiger partial charge in [-0.05, 0) is 24.1 Å². The van der Waals surface area contributed by atoms with E-state index in [0.29, 0.717) is 30.3 Å². The summed E-state index contributed by atoms with van der Waals surface area (Å²) in [7, 11) is 1.45. The van der Waals surface area contributed by atoms with E-state index in [9.17, 15) is 9.59 Å². The van der Waals surface area contributed by atoms with Crippen molar-refractivity contribution in [3.05, 3.63) is 39.8 Å². The third kappa shape index (κ3) is 5.18. The number of benzene rings is 1. The van der Waals surface area contributed by atoms with Gasteiger partial charge in [0.15, 0.2) is 0 Å². The van der Waals surface area contributed by atoms with Crippen LogP contribution in [0.15, 0.2) is 23.6 Å². The minimum Gasteiger partial charge on any atom is -0.496 e. The van der Waals surface area contributed by atoms with Crippen LogP contribution in [0.2, 0.25) is 0 Å². The summed E-state index contributed by atoms with van der Waals surface area (Å²) >= 11 is 1.59. The number of carbonyl (C=O) groups is 2. The van der Waals surface area contributed by atoms with E-state index >= 15 is 0 Å². The minimum absolute atomic E-state index is 0.212. The van der Waals surface area contributed by atoms with E-state index in [-0.39, 0.29) is 11.6 Å². The van der Waals surface area contributed by atoms with Crippen molar-refractivity contribution in [2.24, 2.45) is 5.73 Å². The molecule has 134 valence electrons. The number of thiazole rings is 1. The zero-order valence-corrected chi connectivity index (χ0v) is 15.3. The summed E-state index contributed by atoms with van der Waals surface area (Å²) in [6.45, 7) is 4.66. The van der Waals surface area contributed by atoms with Crippen LogP contribution in [0.25, 0.3) is 0 Å². The van der Waals surface area contributed by atoms with E-state index in [1.165, 1.54) is 13.2 Å². The average Bonchev–Trinajstić information content (AvgIpc) is 3.04. The van der Waals surface area contributed by atoms with Crippen LogP contribution >= 0.6 is 11.3 Å². The van der Waals surface area contributed by atoms with Gasteiger partial charge in [-0.2, -0.15) is 0 Å². The standard InChI is InChI=1S/C17H22N4O3S/c1-10(2)13-9-25-15(21-13)6-7-19-17(23)20-11-4-5-14(24-3)12(8-11)16(18)22/h4-5,8-10H,6-7H2,1-3H3,(H2,18,22)(H2,19,20,23). The summed E-state index contributed by atoms with van der Waals surface area (Å²) < 4.78 is 5.06. The smallest absolute Gasteiger partial charge is 0.319 e. The van der Waals surface area contributed by atoms with Crippen LogP contribution in [-0.4, -0.2) is 30.6 Å². The summed E-state index contributed by atoms with van der Waals surface area (Å²) in [4.78, 5) is 27.9. The van der Waals surface area contributed by atoms with Gasteiger partial charge in [0, 0.05) is 24.0 Å². The highest BCUT2D eigenvalue weighted by Crippen LogP contribution is 2.22. The maximum atomic E-state index is 12.0. The third-order valence-corrected chi connectivity index (χ3v) is 4.44. The van der Waals surface area contributed by atoms with E-state index in [2.05, 4.69) is 29.5 Å². The number of nitrogens with one attached hydrogen (secondary N) is 2. The van der Waals surface area contributed by atoms with E-state index in [0.717, 1.165) is 10.7 Å². The predicted octanol–water partition coefficient (Wildman–Crippen LogP) is 2.74. The molecule has 0 bridgehead atoms. The summed E-state index contributed by atoms with van der Waals surface area (Å²) in [5.41, 5.74) is 7.05. The zero-order valence-electron chi connectivity index (χ0n) is 14.5. The quantitative estimate of drug-likeness (QED) is 0.704. The second-order valence-electron chi connectivity index (χ2n) is 5.73. The molecule has 0 saturated heterocycles. The molecule has 0 saturated carbocycles. The Balaban J connectivity index is 1.87. The lowest BCUT2D eigenvalue weighted by Gasteiger charge is -2.10. The molecule has 0 unspecified atom stereocenters. The van der Waals surface area contributed by atoms with Crippen LogP contribution < -0.4 is 21.1 Å². The number of nitrogens with zero attached hydrogens (tertiary/aromatic N) is 1. The molecule has 8 heteroatoms. The maximum Gasteiger partial charge on any atom is 0.319 e. The Morgan fingerprint density at radius 2 is 2.12 bits per heavy atom. The highest BCUT2D eigenvalue weighted by molar-refractivity contribution is 7.09.